The molecule has 9 atom stereocenters. The number of aliphatic hydroxyl groups excluding tert-OH is 3. The lowest BCUT2D eigenvalue weighted by molar-refractivity contribution is -0.271. The summed E-state index contributed by atoms with van der Waals surface area (Å²) < 4.78 is 26.9. The van der Waals surface area contributed by atoms with Crippen LogP contribution >= 0.6 is 11.3 Å². The number of carbonyl (C=O) groups is 8. The highest BCUT2D eigenvalue weighted by atomic mass is 32.1. The Morgan fingerprint density at radius 3 is 2.42 bits per heavy atom. The number of carboxylic acid groups (broad SMARTS) is 3. The fourth-order valence-corrected chi connectivity index (χ4v) is 17.0. The molecule has 540 valence electrons. The van der Waals surface area contributed by atoms with E-state index < -0.39 is 66.2 Å². The number of benzene rings is 3. The Bertz CT molecular complexity index is 4200. The Hall–Kier alpha value is -9.65. The van der Waals surface area contributed by atoms with Gasteiger partial charge in [0.1, 0.15) is 36.5 Å². The molecule has 3 aliphatic heterocycles. The number of para-hydroxylation sites is 1. The number of carboxylic acids is 3. The summed E-state index contributed by atoms with van der Waals surface area (Å²) in [5.74, 6) is -4.81. The molecule has 0 radical (unpaired) electrons. The van der Waals surface area contributed by atoms with Gasteiger partial charge in [-0.25, -0.2) is 24.4 Å². The van der Waals surface area contributed by atoms with Gasteiger partial charge in [-0.05, 0) is 146 Å². The van der Waals surface area contributed by atoms with Crippen LogP contribution in [0.2, 0.25) is 0 Å². The van der Waals surface area contributed by atoms with Crippen molar-refractivity contribution in [2.45, 2.75) is 153 Å². The minimum Gasteiger partial charge on any atom is -0.481 e. The smallest absolute Gasteiger partial charge is 0.410 e. The topological polar surface area (TPSA) is 384 Å². The quantitative estimate of drug-likeness (QED) is 0.0152. The molecule has 28 nitrogen and oxygen atoms in total. The van der Waals surface area contributed by atoms with E-state index in [1.54, 1.807) is 23.6 Å². The predicted molar refractivity (Wildman–Crippen MR) is 372 cm³/mol. The van der Waals surface area contributed by atoms with E-state index in [0.717, 1.165) is 76.5 Å². The van der Waals surface area contributed by atoms with E-state index >= 15 is 0 Å². The minimum absolute atomic E-state index is 0.0176. The molecule has 4 aliphatic carbocycles. The number of aromatic carboxylic acids is 1. The first-order chi connectivity index (χ1) is 48.9. The number of rotatable bonds is 31. The number of nitrogens with one attached hydrogen (secondary N) is 3. The van der Waals surface area contributed by atoms with Crippen molar-refractivity contribution in [1.82, 2.24) is 34.9 Å². The second-order valence-electron chi connectivity index (χ2n) is 27.9. The summed E-state index contributed by atoms with van der Waals surface area (Å²) in [6, 6.07) is 22.5. The van der Waals surface area contributed by atoms with Crippen molar-refractivity contribution in [3.8, 4) is 16.9 Å². The van der Waals surface area contributed by atoms with Crippen LogP contribution in [0.3, 0.4) is 0 Å². The summed E-state index contributed by atoms with van der Waals surface area (Å²) in [5, 5.41) is 76.2. The Morgan fingerprint density at radius 2 is 1.65 bits per heavy atom. The third-order valence-electron chi connectivity index (χ3n) is 20.2. The molecule has 5 amide bonds. The third kappa shape index (κ3) is 16.6. The molecule has 13 rings (SSSR count). The molecule has 4 unspecified atom stereocenters. The number of aliphatic hydroxyl groups is 3. The number of nitrogens with zero attached hydrogens (tertiary/aromatic N) is 7. The lowest BCUT2D eigenvalue weighted by Gasteiger charge is -2.65. The second-order valence-corrected chi connectivity index (χ2v) is 29.0. The van der Waals surface area contributed by atoms with Crippen molar-refractivity contribution in [3.05, 3.63) is 131 Å². The molecule has 3 aromatic heterocycles. The molecule has 102 heavy (non-hydrogen) atoms. The van der Waals surface area contributed by atoms with Gasteiger partial charge >= 0.3 is 24.0 Å². The number of aliphatic carboxylic acids is 2. The summed E-state index contributed by atoms with van der Waals surface area (Å²) >= 11 is 1.61. The van der Waals surface area contributed by atoms with Crippen LogP contribution in [0, 0.1) is 23.7 Å². The molecule has 4 bridgehead atoms. The van der Waals surface area contributed by atoms with Crippen molar-refractivity contribution in [3.63, 3.8) is 0 Å². The monoisotopic (exact) mass is 1420 g/mol. The standard InChI is InChI=1S/C73H84N10O18S/c1-43-49(48-17-19-55(79-61(48)66(93)94)81-27-23-46-11-8-12-47(50(46)38-81)36-75-69-78-51-13-5-6-14-54(51)102-69)37-76-83(43)42-72-34-45-33-71(2,39-72)40-73(35-45,41-72)99-31-29-80(28-24-60(88)89)70(97)98-30-9-10-44-16-18-53(100-68-64(92)62(90)63(91)65(101-68)67(95)96)52(32-44)77-57(85)22-25-74-56(84)15-4-3-7-26-82-58(86)20-21-59(82)87/h5-6,8-14,16-21,32,37,45,62-65,68,90-92H,3-4,7,15,22-31,33-36,38-42H2,1-2H3,(H,74,84)(H,75,78)(H,77,85)(H,88,89)(H,93,94)(H,95,96)/b10-9+/t45?,62-,63-,64+,65-,68+,71?,72?,73?/m0/s1. The number of imide groups is 1. The van der Waals surface area contributed by atoms with Gasteiger partial charge in [-0.3, -0.25) is 33.6 Å². The summed E-state index contributed by atoms with van der Waals surface area (Å²) in [7, 11) is 0. The zero-order valence-electron chi connectivity index (χ0n) is 56.7. The van der Waals surface area contributed by atoms with Crippen LogP contribution < -0.4 is 25.6 Å². The number of aromatic nitrogens is 4. The van der Waals surface area contributed by atoms with E-state index in [0.29, 0.717) is 73.9 Å². The van der Waals surface area contributed by atoms with Crippen LogP contribution in [0.1, 0.15) is 122 Å². The Kier molecular flexibility index (Phi) is 21.9. The molecule has 4 saturated carbocycles. The average molecular weight is 1420 g/mol. The zero-order valence-corrected chi connectivity index (χ0v) is 57.5. The van der Waals surface area contributed by atoms with Crippen molar-refractivity contribution in [2.75, 3.05) is 61.5 Å². The highest BCUT2D eigenvalue weighted by Gasteiger charge is 2.62. The first-order valence-corrected chi connectivity index (χ1v) is 35.2. The molecule has 0 spiro atoms. The van der Waals surface area contributed by atoms with Crippen molar-refractivity contribution < 1.29 is 87.9 Å². The van der Waals surface area contributed by atoms with Gasteiger partial charge in [-0.2, -0.15) is 5.10 Å². The number of anilines is 3. The maximum atomic E-state index is 13.8. The summed E-state index contributed by atoms with van der Waals surface area (Å²) in [6.45, 7) is 6.53. The number of carbonyl (C=O) groups excluding carboxylic acids is 5. The van der Waals surface area contributed by atoms with Gasteiger partial charge in [0, 0.05) is 94.2 Å². The largest absolute Gasteiger partial charge is 0.481 e. The number of unbranched alkanes of at least 4 members (excludes halogenated alkanes) is 2. The Balaban J connectivity index is 0.660. The number of hydrogen-bond acceptors (Lipinski definition) is 21. The van der Waals surface area contributed by atoms with Gasteiger partial charge in [-0.15, -0.1) is 0 Å². The van der Waals surface area contributed by atoms with Gasteiger partial charge in [0.25, 0.3) is 11.8 Å². The van der Waals surface area contributed by atoms with E-state index in [2.05, 4.69) is 52.0 Å². The third-order valence-corrected chi connectivity index (χ3v) is 21.2. The van der Waals surface area contributed by atoms with Crippen molar-refractivity contribution in [2.24, 2.45) is 16.7 Å². The number of fused-ring (bicyclic) bond motifs is 2. The SMILES string of the molecule is Cc1c(-c2ccc(N3CCc4cccc(CNc5nc6ccccc6s5)c4C3)nc2C(=O)O)cnn1CC12CC3CC(C)(C1)CC(OCCN(CCC(=O)O)C(=O)OC/C=C/c1ccc(O[C@@H]4O[C@H](C(=O)O)[C@@H](O)[C@H](O)[C@H]4O)c(NC(=O)CCNC(=O)CCCCCN4C(=O)C=CC4=O)c1)(C3)C2. The molecule has 9 N–H and O–H groups in total. The lowest BCUT2D eigenvalue weighted by Crippen LogP contribution is -2.61. The van der Waals surface area contributed by atoms with Gasteiger partial charge < -0.3 is 75.3 Å². The molecule has 3 aromatic carbocycles. The lowest BCUT2D eigenvalue weighted by atomic mass is 9.43. The molecule has 6 heterocycles. The summed E-state index contributed by atoms with van der Waals surface area (Å²) in [5.41, 5.74) is 6.06. The van der Waals surface area contributed by atoms with E-state index in [-0.39, 0.29) is 104 Å². The number of thiazole rings is 1. The van der Waals surface area contributed by atoms with E-state index in [4.69, 9.17) is 34.0 Å². The highest BCUT2D eigenvalue weighted by molar-refractivity contribution is 7.22. The molecule has 1 saturated heterocycles. The Labute approximate surface area is 591 Å². The maximum Gasteiger partial charge on any atom is 0.410 e. The predicted octanol–water partition coefficient (Wildman–Crippen LogP) is 7.31. The van der Waals surface area contributed by atoms with Crippen LogP contribution in [0.4, 0.5) is 21.4 Å². The number of pyridine rings is 1. The molecule has 6 aromatic rings. The van der Waals surface area contributed by atoms with Crippen molar-refractivity contribution in [1.29, 1.82) is 0 Å². The molecule has 29 heteroatoms. The minimum atomic E-state index is -2.00. The second kappa shape index (κ2) is 30.9. The van der Waals surface area contributed by atoms with E-state index in [1.165, 1.54) is 52.5 Å². The average Bonchev–Trinajstić information content (AvgIpc) is 0.777. The molecular weight excluding hydrogens is 1340 g/mol. The number of hydrogen-bond donors (Lipinski definition) is 9. The van der Waals surface area contributed by atoms with Gasteiger partial charge in [0.15, 0.2) is 16.9 Å². The van der Waals surface area contributed by atoms with Crippen LogP contribution in [0.25, 0.3) is 27.4 Å². The van der Waals surface area contributed by atoms with E-state index in [1.807, 2.05) is 41.9 Å². The summed E-state index contributed by atoms with van der Waals surface area (Å²) in [6.07, 6.45) is 3.84. The highest BCUT2D eigenvalue weighted by Crippen LogP contribution is 2.68. The first kappa shape index (κ1) is 72.1. The molecule has 5 fully saturated rings. The van der Waals surface area contributed by atoms with Crippen LogP contribution in [0.5, 0.6) is 5.75 Å². The molecule has 7 aliphatic rings. The van der Waals surface area contributed by atoms with Crippen LogP contribution in [-0.2, 0) is 69.0 Å². The van der Waals surface area contributed by atoms with Crippen LogP contribution in [0.15, 0.2) is 97.2 Å². The van der Waals surface area contributed by atoms with Gasteiger partial charge in [-0.1, -0.05) is 67.2 Å². The summed E-state index contributed by atoms with van der Waals surface area (Å²) in [4.78, 5) is 114. The molecular formula is C73H84N10O18S. The Morgan fingerprint density at radius 1 is 0.833 bits per heavy atom. The fraction of sp³-hybridized carbons (Fsp3) is 0.466. The van der Waals surface area contributed by atoms with Gasteiger partial charge in [0.2, 0.25) is 18.1 Å². The maximum absolute atomic E-state index is 13.8. The van der Waals surface area contributed by atoms with Crippen molar-refractivity contribution >= 4 is 91.9 Å². The number of amides is 5. The number of ether oxygens (including phenoxy) is 4. The normalized spacial score (nSPS) is 24.1. The zero-order chi connectivity index (χ0) is 72.0. The van der Waals surface area contributed by atoms with Crippen LogP contribution in [-0.4, -0.2) is 190 Å². The van der Waals surface area contributed by atoms with Gasteiger partial charge in [0.05, 0.1) is 40.7 Å². The van der Waals surface area contributed by atoms with E-state index in [9.17, 15) is 69.0 Å². The fourth-order valence-electron chi connectivity index (χ4n) is 16.1. The first-order valence-electron chi connectivity index (χ1n) is 34.4.